The lowest BCUT2D eigenvalue weighted by molar-refractivity contribution is -0.505. The molecule has 0 spiro atoms. The van der Waals surface area contributed by atoms with Crippen molar-refractivity contribution in [1.29, 1.82) is 0 Å². The zero-order valence-corrected chi connectivity index (χ0v) is 14.1. The van der Waals surface area contributed by atoms with Crippen molar-refractivity contribution in [3.05, 3.63) is 51.2 Å². The highest BCUT2D eigenvalue weighted by atomic mass is 16.6. The second-order valence-corrected chi connectivity index (χ2v) is 5.46. The summed E-state index contributed by atoms with van der Waals surface area (Å²) >= 11 is 0. The van der Waals surface area contributed by atoms with E-state index >= 15 is 0 Å². The number of nitro groups is 1. The number of carbonyl (C=O) groups excluding carboxylic acids is 1. The van der Waals surface area contributed by atoms with Crippen molar-refractivity contribution in [3.63, 3.8) is 0 Å². The first kappa shape index (κ1) is 17.7. The summed E-state index contributed by atoms with van der Waals surface area (Å²) in [5.74, 6) is -0.785. The van der Waals surface area contributed by atoms with E-state index in [1.165, 1.54) is 7.11 Å². The fraction of sp³-hybridized carbons (Fsp3) is 0.412. The van der Waals surface area contributed by atoms with Gasteiger partial charge < -0.3 is 9.47 Å². The Morgan fingerprint density at radius 3 is 2.67 bits per heavy atom. The Bertz CT molecular complexity index is 723. The fourth-order valence-corrected chi connectivity index (χ4v) is 2.99. The summed E-state index contributed by atoms with van der Waals surface area (Å²) in [6, 6.07) is 5.87. The summed E-state index contributed by atoms with van der Waals surface area (Å²) in [6.07, 6.45) is 0. The minimum absolute atomic E-state index is 0.207. The van der Waals surface area contributed by atoms with Crippen LogP contribution in [0.4, 0.5) is 0 Å². The molecule has 0 bridgehead atoms. The van der Waals surface area contributed by atoms with Crippen LogP contribution < -0.4 is 4.74 Å². The van der Waals surface area contributed by atoms with E-state index in [0.717, 1.165) is 0 Å². The maximum Gasteiger partial charge on any atom is 0.336 e. The normalized spacial score (nSPS) is 20.4. The average molecular weight is 332 g/mol. The van der Waals surface area contributed by atoms with Crippen LogP contribution in [-0.2, 0) is 9.53 Å². The Hall–Kier alpha value is -2.70. The standard InChI is InChI=1S/C17H20N2O5/c1-5-24-13-8-6-7-12(9-13)15-14(17(20)23-4)10(2)18-11(3)16(15)19(21)22/h6-9,15-16H,5H2,1-4H3. The molecule has 1 aliphatic heterocycles. The van der Waals surface area contributed by atoms with Crippen LogP contribution in [0.3, 0.4) is 0 Å². The molecule has 128 valence electrons. The quantitative estimate of drug-likeness (QED) is 0.470. The molecule has 0 saturated carbocycles. The first-order chi connectivity index (χ1) is 11.4. The predicted molar refractivity (Wildman–Crippen MR) is 89.0 cm³/mol. The van der Waals surface area contributed by atoms with Crippen LogP contribution in [0.1, 0.15) is 32.3 Å². The van der Waals surface area contributed by atoms with E-state index in [2.05, 4.69) is 4.99 Å². The molecule has 1 aliphatic rings. The molecule has 1 heterocycles. The van der Waals surface area contributed by atoms with E-state index in [-0.39, 0.29) is 5.57 Å². The first-order valence-electron chi connectivity index (χ1n) is 7.61. The molecule has 2 rings (SSSR count). The summed E-state index contributed by atoms with van der Waals surface area (Å²) < 4.78 is 10.3. The number of allylic oxidation sites excluding steroid dienone is 1. The molecule has 0 radical (unpaired) electrons. The molecule has 7 heteroatoms. The van der Waals surface area contributed by atoms with Gasteiger partial charge >= 0.3 is 5.97 Å². The number of nitrogens with zero attached hydrogens (tertiary/aromatic N) is 2. The van der Waals surface area contributed by atoms with Crippen molar-refractivity contribution in [3.8, 4) is 5.75 Å². The van der Waals surface area contributed by atoms with Gasteiger partial charge in [0, 0.05) is 10.6 Å². The van der Waals surface area contributed by atoms with E-state index in [9.17, 15) is 14.9 Å². The molecule has 7 nitrogen and oxygen atoms in total. The third-order valence-corrected chi connectivity index (χ3v) is 3.95. The molecular weight excluding hydrogens is 312 g/mol. The highest BCUT2D eigenvalue weighted by Crippen LogP contribution is 2.37. The van der Waals surface area contributed by atoms with Crippen LogP contribution in [0, 0.1) is 10.1 Å². The lowest BCUT2D eigenvalue weighted by atomic mass is 9.80. The highest BCUT2D eigenvalue weighted by Gasteiger charge is 2.44. The predicted octanol–water partition coefficient (Wildman–Crippen LogP) is 2.74. The number of hydrogen-bond acceptors (Lipinski definition) is 6. The lowest BCUT2D eigenvalue weighted by Crippen LogP contribution is -2.39. The number of ether oxygens (including phenoxy) is 2. The third kappa shape index (κ3) is 3.29. The molecule has 1 aromatic carbocycles. The van der Waals surface area contributed by atoms with Gasteiger partial charge in [0.05, 0.1) is 30.9 Å². The summed E-state index contributed by atoms with van der Waals surface area (Å²) in [7, 11) is 1.25. The number of methoxy groups -OCH3 is 1. The van der Waals surface area contributed by atoms with Gasteiger partial charge in [0.15, 0.2) is 0 Å². The number of rotatable bonds is 5. The number of benzene rings is 1. The Kier molecular flexibility index (Phi) is 5.33. The van der Waals surface area contributed by atoms with Crippen LogP contribution >= 0.6 is 0 Å². The van der Waals surface area contributed by atoms with Gasteiger partial charge in [-0.1, -0.05) is 12.1 Å². The molecule has 0 aliphatic carbocycles. The molecule has 0 N–H and O–H groups in total. The van der Waals surface area contributed by atoms with Gasteiger partial charge in [-0.3, -0.25) is 15.1 Å². The molecule has 0 fully saturated rings. The van der Waals surface area contributed by atoms with Crippen molar-refractivity contribution < 1.29 is 19.2 Å². The monoisotopic (exact) mass is 332 g/mol. The zero-order chi connectivity index (χ0) is 17.9. The van der Waals surface area contributed by atoms with Crippen molar-refractivity contribution in [2.75, 3.05) is 13.7 Å². The van der Waals surface area contributed by atoms with E-state index in [1.807, 2.05) is 6.92 Å². The van der Waals surface area contributed by atoms with Crippen LogP contribution in [0.2, 0.25) is 0 Å². The van der Waals surface area contributed by atoms with Gasteiger partial charge in [-0.2, -0.15) is 0 Å². The number of aliphatic imine (C=N–C) groups is 1. The van der Waals surface area contributed by atoms with Crippen LogP contribution in [0.25, 0.3) is 0 Å². The lowest BCUT2D eigenvalue weighted by Gasteiger charge is -2.27. The van der Waals surface area contributed by atoms with Crippen molar-refractivity contribution in [2.45, 2.75) is 32.7 Å². The topological polar surface area (TPSA) is 91.0 Å². The summed E-state index contributed by atoms with van der Waals surface area (Å²) in [5, 5.41) is 11.6. The highest BCUT2D eigenvalue weighted by molar-refractivity contribution is 5.98. The van der Waals surface area contributed by atoms with E-state index in [4.69, 9.17) is 9.47 Å². The average Bonchev–Trinajstić information content (AvgIpc) is 2.53. The molecule has 2 unspecified atom stereocenters. The van der Waals surface area contributed by atoms with E-state index < -0.39 is 22.9 Å². The second-order valence-electron chi connectivity index (χ2n) is 5.46. The van der Waals surface area contributed by atoms with E-state index in [1.54, 1.807) is 38.1 Å². The molecule has 0 saturated heterocycles. The summed E-state index contributed by atoms with van der Waals surface area (Å²) in [5.41, 5.74) is 1.62. The second kappa shape index (κ2) is 7.25. The summed E-state index contributed by atoms with van der Waals surface area (Å²) in [6.45, 7) is 5.59. The van der Waals surface area contributed by atoms with Crippen LogP contribution in [0.5, 0.6) is 5.75 Å². The van der Waals surface area contributed by atoms with Crippen LogP contribution in [-0.4, -0.2) is 36.4 Å². The third-order valence-electron chi connectivity index (χ3n) is 3.95. The van der Waals surface area contributed by atoms with Gasteiger partial charge in [-0.15, -0.1) is 0 Å². The van der Waals surface area contributed by atoms with Gasteiger partial charge in [0.25, 0.3) is 6.04 Å². The van der Waals surface area contributed by atoms with Gasteiger partial charge in [-0.25, -0.2) is 4.79 Å². The van der Waals surface area contributed by atoms with Crippen LogP contribution in [0.15, 0.2) is 40.5 Å². The number of hydrogen-bond donors (Lipinski definition) is 0. The number of carbonyl (C=O) groups is 1. The van der Waals surface area contributed by atoms with Gasteiger partial charge in [0.2, 0.25) is 0 Å². The molecule has 1 aromatic rings. The Balaban J connectivity index is 2.63. The Labute approximate surface area is 140 Å². The number of esters is 1. The minimum Gasteiger partial charge on any atom is -0.494 e. The SMILES string of the molecule is CCOc1cccc(C2C(C(=O)OC)=C(C)N=C(C)C2[N+](=O)[O-])c1. The first-order valence-corrected chi connectivity index (χ1v) is 7.61. The Morgan fingerprint density at radius 1 is 1.38 bits per heavy atom. The maximum atomic E-state index is 12.2. The molecule has 0 amide bonds. The van der Waals surface area contributed by atoms with Crippen molar-refractivity contribution in [1.82, 2.24) is 0 Å². The van der Waals surface area contributed by atoms with Crippen molar-refractivity contribution >= 4 is 11.7 Å². The fourth-order valence-electron chi connectivity index (χ4n) is 2.99. The van der Waals surface area contributed by atoms with Crippen molar-refractivity contribution in [2.24, 2.45) is 4.99 Å². The molecule has 2 atom stereocenters. The van der Waals surface area contributed by atoms with E-state index in [0.29, 0.717) is 29.3 Å². The van der Waals surface area contributed by atoms with Gasteiger partial charge in [-0.05, 0) is 38.5 Å². The maximum absolute atomic E-state index is 12.2. The zero-order valence-electron chi connectivity index (χ0n) is 14.1. The smallest absolute Gasteiger partial charge is 0.336 e. The largest absolute Gasteiger partial charge is 0.494 e. The Morgan fingerprint density at radius 2 is 2.08 bits per heavy atom. The molecule has 0 aromatic heterocycles. The molecule has 24 heavy (non-hydrogen) atoms. The summed E-state index contributed by atoms with van der Waals surface area (Å²) in [4.78, 5) is 27.7. The molecular formula is C17H20N2O5. The van der Waals surface area contributed by atoms with Gasteiger partial charge in [0.1, 0.15) is 5.75 Å². The minimum atomic E-state index is -1.13.